The van der Waals surface area contributed by atoms with Gasteiger partial charge in [0.25, 0.3) is 0 Å². The van der Waals surface area contributed by atoms with Crippen LogP contribution in [0.15, 0.2) is 23.7 Å². The normalized spacial score (nSPS) is 12.5. The number of esters is 2. The van der Waals surface area contributed by atoms with Gasteiger partial charge in [0.2, 0.25) is 0 Å². The molecule has 0 saturated heterocycles. The number of hydrogen-bond donors (Lipinski definition) is 2. The van der Waals surface area contributed by atoms with Gasteiger partial charge in [0, 0.05) is 0 Å². The topological polar surface area (TPSA) is 83.8 Å². The molecule has 72 valence electrons. The standard InChI is InChI=1S/C8H10O5/c1-5(3-9)7(11)13-8(12)6(2)4-10/h3-4,9-10H,1-2H3. The molecule has 0 aromatic carbocycles. The molecule has 0 unspecified atom stereocenters. The smallest absolute Gasteiger partial charge is 0.344 e. The molecule has 0 aromatic rings. The van der Waals surface area contributed by atoms with Crippen LogP contribution in [0, 0.1) is 0 Å². The van der Waals surface area contributed by atoms with Gasteiger partial charge in [-0.05, 0) is 13.8 Å². The largest absolute Gasteiger partial charge is 0.515 e. The molecule has 13 heavy (non-hydrogen) atoms. The third kappa shape index (κ3) is 3.42. The van der Waals surface area contributed by atoms with Gasteiger partial charge in [-0.3, -0.25) is 0 Å². The predicted molar refractivity (Wildman–Crippen MR) is 43.9 cm³/mol. The van der Waals surface area contributed by atoms with Gasteiger partial charge in [0.05, 0.1) is 23.7 Å². The van der Waals surface area contributed by atoms with Crippen molar-refractivity contribution in [1.82, 2.24) is 0 Å². The van der Waals surface area contributed by atoms with Gasteiger partial charge < -0.3 is 14.9 Å². The van der Waals surface area contributed by atoms with Gasteiger partial charge >= 0.3 is 11.9 Å². The van der Waals surface area contributed by atoms with E-state index in [4.69, 9.17) is 10.2 Å². The predicted octanol–water partition coefficient (Wildman–Crippen LogP) is 0.980. The summed E-state index contributed by atoms with van der Waals surface area (Å²) in [5.41, 5.74) is -0.196. The second-order valence-electron chi connectivity index (χ2n) is 2.30. The molecule has 0 atom stereocenters. The van der Waals surface area contributed by atoms with Crippen molar-refractivity contribution in [3.05, 3.63) is 23.7 Å². The monoisotopic (exact) mass is 186 g/mol. The van der Waals surface area contributed by atoms with Gasteiger partial charge in [-0.2, -0.15) is 0 Å². The summed E-state index contributed by atoms with van der Waals surface area (Å²) in [5.74, 6) is -1.90. The van der Waals surface area contributed by atoms with Crippen LogP contribution in [0.25, 0.3) is 0 Å². The summed E-state index contributed by atoms with van der Waals surface area (Å²) < 4.78 is 4.22. The summed E-state index contributed by atoms with van der Waals surface area (Å²) >= 11 is 0. The number of aliphatic hydroxyl groups is 2. The van der Waals surface area contributed by atoms with E-state index < -0.39 is 11.9 Å². The fraction of sp³-hybridized carbons (Fsp3) is 0.250. The number of carbonyl (C=O) groups excluding carboxylic acids is 2. The molecule has 0 aliphatic rings. The van der Waals surface area contributed by atoms with E-state index >= 15 is 0 Å². The first-order valence-electron chi connectivity index (χ1n) is 3.41. The first-order valence-corrected chi connectivity index (χ1v) is 3.41. The molecule has 5 nitrogen and oxygen atoms in total. The highest BCUT2D eigenvalue weighted by molar-refractivity contribution is 6.01. The Morgan fingerprint density at radius 2 is 1.31 bits per heavy atom. The molecule has 0 heterocycles. The fourth-order valence-corrected chi connectivity index (χ4v) is 0.351. The molecule has 0 aliphatic heterocycles. The van der Waals surface area contributed by atoms with E-state index in [1.807, 2.05) is 0 Å². The van der Waals surface area contributed by atoms with Gasteiger partial charge in [-0.1, -0.05) is 0 Å². The fourth-order valence-electron chi connectivity index (χ4n) is 0.351. The Morgan fingerprint density at radius 1 is 1.00 bits per heavy atom. The number of rotatable bonds is 2. The van der Waals surface area contributed by atoms with Crippen molar-refractivity contribution >= 4 is 11.9 Å². The second kappa shape index (κ2) is 4.97. The van der Waals surface area contributed by atoms with Crippen LogP contribution < -0.4 is 0 Å². The van der Waals surface area contributed by atoms with Crippen LogP contribution in [0.1, 0.15) is 13.8 Å². The highest BCUT2D eigenvalue weighted by Crippen LogP contribution is 2.00. The molecule has 0 aromatic heterocycles. The van der Waals surface area contributed by atoms with Crippen LogP contribution >= 0.6 is 0 Å². The third-order valence-corrected chi connectivity index (χ3v) is 1.22. The van der Waals surface area contributed by atoms with Crippen molar-refractivity contribution in [2.24, 2.45) is 0 Å². The number of carbonyl (C=O) groups is 2. The minimum Gasteiger partial charge on any atom is -0.515 e. The molecule has 0 amide bonds. The summed E-state index contributed by atoms with van der Waals surface area (Å²) in [4.78, 5) is 21.6. The van der Waals surface area contributed by atoms with Crippen molar-refractivity contribution in [2.75, 3.05) is 0 Å². The van der Waals surface area contributed by atoms with E-state index in [-0.39, 0.29) is 11.1 Å². The van der Waals surface area contributed by atoms with Crippen LogP contribution in [0.5, 0.6) is 0 Å². The number of ether oxygens (including phenoxy) is 1. The highest BCUT2D eigenvalue weighted by atomic mass is 16.6. The number of aliphatic hydroxyl groups excluding tert-OH is 2. The van der Waals surface area contributed by atoms with Crippen molar-refractivity contribution in [3.63, 3.8) is 0 Å². The molecule has 0 saturated carbocycles. The maximum Gasteiger partial charge on any atom is 0.344 e. The lowest BCUT2D eigenvalue weighted by Crippen LogP contribution is -2.13. The molecule has 0 aliphatic carbocycles. The number of hydrogen-bond acceptors (Lipinski definition) is 5. The maximum absolute atomic E-state index is 10.8. The van der Waals surface area contributed by atoms with Crippen molar-refractivity contribution < 1.29 is 24.5 Å². The molecular formula is C8H10O5. The van der Waals surface area contributed by atoms with E-state index in [0.717, 1.165) is 0 Å². The zero-order valence-corrected chi connectivity index (χ0v) is 7.27. The van der Waals surface area contributed by atoms with E-state index in [1.54, 1.807) is 0 Å². The Morgan fingerprint density at radius 3 is 1.54 bits per heavy atom. The Bertz CT molecular complexity index is 246. The van der Waals surface area contributed by atoms with Gasteiger partial charge in [0.15, 0.2) is 0 Å². The molecule has 0 rings (SSSR count). The first-order chi connectivity index (χ1) is 6.02. The Labute approximate surface area is 74.9 Å². The molecule has 0 spiro atoms. The molecule has 0 bridgehead atoms. The second-order valence-corrected chi connectivity index (χ2v) is 2.30. The first kappa shape index (κ1) is 11.2. The summed E-state index contributed by atoms with van der Waals surface area (Å²) in [6.07, 6.45) is 1.07. The summed E-state index contributed by atoms with van der Waals surface area (Å²) in [7, 11) is 0. The molecule has 2 N–H and O–H groups in total. The van der Waals surface area contributed by atoms with E-state index in [2.05, 4.69) is 4.74 Å². The summed E-state index contributed by atoms with van der Waals surface area (Å²) in [6.45, 7) is 2.57. The van der Waals surface area contributed by atoms with E-state index in [0.29, 0.717) is 12.5 Å². The molecular weight excluding hydrogens is 176 g/mol. The lowest BCUT2D eigenvalue weighted by atomic mass is 10.3. The van der Waals surface area contributed by atoms with E-state index in [1.165, 1.54) is 13.8 Å². The van der Waals surface area contributed by atoms with Crippen molar-refractivity contribution in [1.29, 1.82) is 0 Å². The quantitative estimate of drug-likeness (QED) is 0.290. The SMILES string of the molecule is CC(=CO)C(=O)OC(=O)C(C)=CO. The Kier molecular flexibility index (Phi) is 4.29. The summed E-state index contributed by atoms with van der Waals surface area (Å²) in [5, 5.41) is 16.8. The zero-order valence-electron chi connectivity index (χ0n) is 7.27. The minimum absolute atomic E-state index is 0.0981. The van der Waals surface area contributed by atoms with E-state index in [9.17, 15) is 9.59 Å². The van der Waals surface area contributed by atoms with Crippen molar-refractivity contribution in [2.45, 2.75) is 13.8 Å². The highest BCUT2D eigenvalue weighted by Gasteiger charge is 2.13. The van der Waals surface area contributed by atoms with Crippen LogP contribution in [0.4, 0.5) is 0 Å². The lowest BCUT2D eigenvalue weighted by molar-refractivity contribution is -0.154. The average Bonchev–Trinajstić information content (AvgIpc) is 2.14. The minimum atomic E-state index is -0.950. The Hall–Kier alpha value is -1.78. The maximum atomic E-state index is 10.8. The average molecular weight is 186 g/mol. The summed E-state index contributed by atoms with van der Waals surface area (Å²) in [6, 6.07) is 0. The van der Waals surface area contributed by atoms with Gasteiger partial charge in [0.1, 0.15) is 0 Å². The molecule has 5 heteroatoms. The van der Waals surface area contributed by atoms with Crippen LogP contribution in [0.3, 0.4) is 0 Å². The van der Waals surface area contributed by atoms with Crippen molar-refractivity contribution in [3.8, 4) is 0 Å². The van der Waals surface area contributed by atoms with Crippen LogP contribution in [-0.2, 0) is 14.3 Å². The van der Waals surface area contributed by atoms with Gasteiger partial charge in [-0.15, -0.1) is 0 Å². The van der Waals surface area contributed by atoms with Gasteiger partial charge in [-0.25, -0.2) is 9.59 Å². The Balaban J connectivity index is 4.32. The van der Waals surface area contributed by atoms with Crippen LogP contribution in [-0.4, -0.2) is 22.2 Å². The lowest BCUT2D eigenvalue weighted by Gasteiger charge is -2.00. The molecule has 0 radical (unpaired) electrons. The molecule has 0 fully saturated rings. The van der Waals surface area contributed by atoms with Crippen LogP contribution in [0.2, 0.25) is 0 Å². The zero-order chi connectivity index (χ0) is 10.4. The third-order valence-electron chi connectivity index (χ3n) is 1.22.